The first-order valence-corrected chi connectivity index (χ1v) is 6.94. The number of halogens is 2. The van der Waals surface area contributed by atoms with E-state index in [1.807, 2.05) is 13.8 Å². The van der Waals surface area contributed by atoms with Crippen molar-refractivity contribution in [2.45, 2.75) is 45.0 Å². The summed E-state index contributed by atoms with van der Waals surface area (Å²) in [5.74, 6) is 0. The molecular formula is C13H26F2N2O2. The molecule has 0 aliphatic carbocycles. The highest BCUT2D eigenvalue weighted by Gasteiger charge is 2.52. The number of hydrogen-bond acceptors (Lipinski definition) is 4. The Bertz CT molecular complexity index is 263. The maximum Gasteiger partial charge on any atom is 0.370 e. The van der Waals surface area contributed by atoms with E-state index in [0.717, 1.165) is 6.42 Å². The molecule has 0 aromatic rings. The Balaban J connectivity index is 2.76. The predicted octanol–water partition coefficient (Wildman–Crippen LogP) is 2.00. The first kappa shape index (κ1) is 16.8. The molecule has 2 atom stereocenters. The predicted molar refractivity (Wildman–Crippen MR) is 70.3 cm³/mol. The highest BCUT2D eigenvalue weighted by atomic mass is 19.3. The van der Waals surface area contributed by atoms with Crippen LogP contribution in [0.1, 0.15) is 26.7 Å². The number of alkyl halides is 2. The second-order valence-electron chi connectivity index (χ2n) is 4.84. The molecule has 0 N–H and O–H groups in total. The van der Waals surface area contributed by atoms with E-state index in [-0.39, 0.29) is 18.7 Å². The third kappa shape index (κ3) is 3.62. The summed E-state index contributed by atoms with van der Waals surface area (Å²) in [4.78, 5) is 2.46. The summed E-state index contributed by atoms with van der Waals surface area (Å²) in [5, 5.41) is 0. The molecule has 0 amide bonds. The molecule has 0 radical (unpaired) electrons. The molecule has 19 heavy (non-hydrogen) atoms. The number of hydrogen-bond donors (Lipinski definition) is 0. The monoisotopic (exact) mass is 280 g/mol. The maximum atomic E-state index is 14.4. The van der Waals surface area contributed by atoms with Crippen LogP contribution in [0, 0.1) is 0 Å². The first-order valence-electron chi connectivity index (χ1n) is 6.94. The van der Waals surface area contributed by atoms with Gasteiger partial charge in [0.15, 0.2) is 0 Å². The molecule has 1 rings (SSSR count). The standard InChI is InChI=1S/C13H26F2N2O2/c1-5-11(12(6-2)19-4)17-8-7-16(9-10-18-3)13(17,14)15/h11-12H,5-10H2,1-4H3. The molecule has 0 bridgehead atoms. The minimum absolute atomic E-state index is 0.154. The Labute approximate surface area is 114 Å². The molecule has 6 heteroatoms. The fourth-order valence-corrected chi connectivity index (χ4v) is 2.77. The van der Waals surface area contributed by atoms with E-state index in [2.05, 4.69) is 0 Å². The Morgan fingerprint density at radius 3 is 2.32 bits per heavy atom. The third-order valence-electron chi connectivity index (χ3n) is 3.86. The van der Waals surface area contributed by atoms with Crippen molar-refractivity contribution in [3.8, 4) is 0 Å². The van der Waals surface area contributed by atoms with Gasteiger partial charge in [-0.1, -0.05) is 13.8 Å². The third-order valence-corrected chi connectivity index (χ3v) is 3.86. The quantitative estimate of drug-likeness (QED) is 0.635. The van der Waals surface area contributed by atoms with Gasteiger partial charge in [0.1, 0.15) is 0 Å². The van der Waals surface area contributed by atoms with Crippen LogP contribution < -0.4 is 0 Å². The molecule has 1 saturated heterocycles. The fraction of sp³-hybridized carbons (Fsp3) is 1.00. The summed E-state index contributed by atoms with van der Waals surface area (Å²) in [6.07, 6.45) is -1.68. The first-order chi connectivity index (χ1) is 9.02. The van der Waals surface area contributed by atoms with E-state index in [1.54, 1.807) is 7.11 Å². The molecule has 0 saturated carbocycles. The fourth-order valence-electron chi connectivity index (χ4n) is 2.77. The van der Waals surface area contributed by atoms with Crippen LogP contribution >= 0.6 is 0 Å². The minimum Gasteiger partial charge on any atom is -0.383 e. The van der Waals surface area contributed by atoms with E-state index < -0.39 is 6.17 Å². The second kappa shape index (κ2) is 7.47. The number of methoxy groups -OCH3 is 2. The molecule has 114 valence electrons. The van der Waals surface area contributed by atoms with E-state index >= 15 is 0 Å². The van der Waals surface area contributed by atoms with Gasteiger partial charge in [-0.15, -0.1) is 0 Å². The normalized spacial score (nSPS) is 23.7. The molecule has 0 aromatic carbocycles. The highest BCUT2D eigenvalue weighted by molar-refractivity contribution is 4.89. The summed E-state index contributed by atoms with van der Waals surface area (Å²) < 4.78 is 39.1. The number of nitrogens with zero attached hydrogens (tertiary/aromatic N) is 2. The van der Waals surface area contributed by atoms with E-state index in [1.165, 1.54) is 16.9 Å². The lowest BCUT2D eigenvalue weighted by atomic mass is 10.0. The van der Waals surface area contributed by atoms with Gasteiger partial charge in [0, 0.05) is 39.9 Å². The van der Waals surface area contributed by atoms with Gasteiger partial charge in [-0.3, -0.25) is 0 Å². The van der Waals surface area contributed by atoms with Crippen LogP contribution in [0.5, 0.6) is 0 Å². The van der Waals surface area contributed by atoms with Gasteiger partial charge < -0.3 is 9.47 Å². The molecule has 2 unspecified atom stereocenters. The van der Waals surface area contributed by atoms with Gasteiger partial charge in [0.05, 0.1) is 12.7 Å². The Morgan fingerprint density at radius 2 is 1.84 bits per heavy atom. The Hall–Kier alpha value is -0.300. The molecule has 0 spiro atoms. The second-order valence-corrected chi connectivity index (χ2v) is 4.84. The molecule has 1 aliphatic rings. The molecule has 1 heterocycles. The van der Waals surface area contributed by atoms with Crippen molar-refractivity contribution in [2.24, 2.45) is 0 Å². The van der Waals surface area contributed by atoms with Gasteiger partial charge >= 0.3 is 6.17 Å². The van der Waals surface area contributed by atoms with Gasteiger partial charge in [-0.25, -0.2) is 9.80 Å². The molecule has 4 nitrogen and oxygen atoms in total. The molecule has 1 fully saturated rings. The minimum atomic E-state index is -2.91. The van der Waals surface area contributed by atoms with Gasteiger partial charge in [0.25, 0.3) is 0 Å². The zero-order chi connectivity index (χ0) is 14.5. The van der Waals surface area contributed by atoms with Gasteiger partial charge in [0.2, 0.25) is 0 Å². The number of rotatable bonds is 8. The maximum absolute atomic E-state index is 14.4. The van der Waals surface area contributed by atoms with E-state index in [4.69, 9.17) is 9.47 Å². The zero-order valence-electron chi connectivity index (χ0n) is 12.4. The SMILES string of the molecule is CCC(OC)C(CC)N1CCN(CCOC)C1(F)F. The van der Waals surface area contributed by atoms with Crippen molar-refractivity contribution < 1.29 is 18.3 Å². The van der Waals surface area contributed by atoms with Gasteiger partial charge in [-0.05, 0) is 12.8 Å². The van der Waals surface area contributed by atoms with Gasteiger partial charge in [-0.2, -0.15) is 8.78 Å². The van der Waals surface area contributed by atoms with Crippen LogP contribution in [0.3, 0.4) is 0 Å². The lowest BCUT2D eigenvalue weighted by Gasteiger charge is -2.37. The topological polar surface area (TPSA) is 24.9 Å². The van der Waals surface area contributed by atoms with Crippen molar-refractivity contribution in [1.82, 2.24) is 9.80 Å². The average molecular weight is 280 g/mol. The van der Waals surface area contributed by atoms with Crippen LogP contribution in [0.4, 0.5) is 8.78 Å². The molecular weight excluding hydrogens is 254 g/mol. The summed E-state index contributed by atoms with van der Waals surface area (Å²) in [5.41, 5.74) is 0. The number of ether oxygens (including phenoxy) is 2. The average Bonchev–Trinajstić information content (AvgIpc) is 2.68. The Morgan fingerprint density at radius 1 is 1.16 bits per heavy atom. The summed E-state index contributed by atoms with van der Waals surface area (Å²) in [6, 6.07) is -0.252. The largest absolute Gasteiger partial charge is 0.383 e. The molecule has 0 aromatic heterocycles. The van der Waals surface area contributed by atoms with Crippen molar-refractivity contribution in [3.63, 3.8) is 0 Å². The van der Waals surface area contributed by atoms with Crippen LogP contribution in [0.25, 0.3) is 0 Å². The van der Waals surface area contributed by atoms with Crippen LogP contribution in [-0.4, -0.2) is 68.6 Å². The highest BCUT2D eigenvalue weighted by Crippen LogP contribution is 2.34. The lowest BCUT2D eigenvalue weighted by Crippen LogP contribution is -2.54. The van der Waals surface area contributed by atoms with Crippen molar-refractivity contribution in [1.29, 1.82) is 0 Å². The summed E-state index contributed by atoms with van der Waals surface area (Å²) >= 11 is 0. The Kier molecular flexibility index (Phi) is 6.59. The lowest BCUT2D eigenvalue weighted by molar-refractivity contribution is -0.234. The van der Waals surface area contributed by atoms with Crippen molar-refractivity contribution in [3.05, 3.63) is 0 Å². The summed E-state index contributed by atoms with van der Waals surface area (Å²) in [6.45, 7) is 5.21. The van der Waals surface area contributed by atoms with E-state index in [0.29, 0.717) is 26.1 Å². The zero-order valence-corrected chi connectivity index (χ0v) is 12.4. The molecule has 1 aliphatic heterocycles. The summed E-state index contributed by atoms with van der Waals surface area (Å²) in [7, 11) is 3.12. The van der Waals surface area contributed by atoms with Crippen molar-refractivity contribution >= 4 is 0 Å². The smallest absolute Gasteiger partial charge is 0.370 e. The van der Waals surface area contributed by atoms with Crippen LogP contribution in [0.2, 0.25) is 0 Å². The van der Waals surface area contributed by atoms with Crippen molar-refractivity contribution in [2.75, 3.05) is 40.5 Å². The van der Waals surface area contributed by atoms with Crippen LogP contribution in [0.15, 0.2) is 0 Å². The van der Waals surface area contributed by atoms with E-state index in [9.17, 15) is 8.78 Å². The van der Waals surface area contributed by atoms with Crippen LogP contribution in [-0.2, 0) is 9.47 Å².